The van der Waals surface area contributed by atoms with E-state index in [1.165, 1.54) is 5.56 Å². The van der Waals surface area contributed by atoms with E-state index in [2.05, 4.69) is 24.0 Å². The molecule has 0 spiro atoms. The summed E-state index contributed by atoms with van der Waals surface area (Å²) >= 11 is 0. The third kappa shape index (κ3) is 1.81. The van der Waals surface area contributed by atoms with Gasteiger partial charge in [0.25, 0.3) is 0 Å². The predicted molar refractivity (Wildman–Crippen MR) is 57.0 cm³/mol. The fraction of sp³-hybridized carbons (Fsp3) is 0.500. The molecule has 1 aliphatic rings. The topological polar surface area (TPSA) is 23.5 Å². The van der Waals surface area contributed by atoms with Crippen molar-refractivity contribution in [3.05, 3.63) is 35.9 Å². The van der Waals surface area contributed by atoms with Gasteiger partial charge in [-0.1, -0.05) is 37.3 Å². The van der Waals surface area contributed by atoms with E-state index in [1.807, 2.05) is 18.2 Å². The van der Waals surface area contributed by atoms with Gasteiger partial charge in [0.2, 0.25) is 0 Å². The third-order valence-electron chi connectivity index (χ3n) is 2.89. The Bertz CT molecular complexity index is 280. The number of hydrogen-bond donors (Lipinski definition) is 1. The number of aliphatic hydroxyl groups is 1. The summed E-state index contributed by atoms with van der Waals surface area (Å²) in [5.41, 5.74) is 1.22. The highest BCUT2D eigenvalue weighted by molar-refractivity contribution is 5.19. The Morgan fingerprint density at radius 2 is 2.00 bits per heavy atom. The Labute approximate surface area is 85.2 Å². The first-order valence-corrected chi connectivity index (χ1v) is 5.21. The first-order valence-electron chi connectivity index (χ1n) is 5.21. The van der Waals surface area contributed by atoms with Crippen molar-refractivity contribution in [3.63, 3.8) is 0 Å². The summed E-state index contributed by atoms with van der Waals surface area (Å²) in [5, 5.41) is 9.36. The minimum atomic E-state index is 0.201. The first-order chi connectivity index (χ1) is 6.81. The number of rotatable bonds is 3. The van der Waals surface area contributed by atoms with Gasteiger partial charge in [0.1, 0.15) is 0 Å². The maximum atomic E-state index is 9.36. The van der Waals surface area contributed by atoms with Crippen LogP contribution in [0.25, 0.3) is 0 Å². The van der Waals surface area contributed by atoms with E-state index in [4.69, 9.17) is 0 Å². The van der Waals surface area contributed by atoms with E-state index < -0.39 is 0 Å². The number of hydrogen-bond acceptors (Lipinski definition) is 2. The van der Waals surface area contributed by atoms with Crippen molar-refractivity contribution >= 4 is 0 Å². The van der Waals surface area contributed by atoms with Gasteiger partial charge in [0.05, 0.1) is 12.6 Å². The lowest BCUT2D eigenvalue weighted by atomic mass is 9.96. The second kappa shape index (κ2) is 4.11. The molecule has 0 radical (unpaired) electrons. The van der Waals surface area contributed by atoms with Crippen LogP contribution in [0.15, 0.2) is 30.3 Å². The Morgan fingerprint density at radius 1 is 1.36 bits per heavy atom. The average molecular weight is 191 g/mol. The number of nitrogens with zero attached hydrogens (tertiary/aromatic N) is 1. The summed E-state index contributed by atoms with van der Waals surface area (Å²) < 4.78 is 0. The highest BCUT2D eigenvalue weighted by Crippen LogP contribution is 2.27. The van der Waals surface area contributed by atoms with Gasteiger partial charge in [-0.05, 0) is 11.5 Å². The summed E-state index contributed by atoms with van der Waals surface area (Å²) in [6.45, 7) is 4.69. The van der Waals surface area contributed by atoms with Crippen LogP contribution in [0.5, 0.6) is 0 Å². The normalized spacial score (nSPS) is 20.4. The van der Waals surface area contributed by atoms with Crippen molar-refractivity contribution in [2.45, 2.75) is 13.0 Å². The molecule has 1 aromatic carbocycles. The van der Waals surface area contributed by atoms with Gasteiger partial charge < -0.3 is 5.11 Å². The SMILES string of the molecule is CC1CN(C(CO)c2ccccc2)C1. The number of likely N-dealkylation sites (tertiary alicyclic amines) is 1. The van der Waals surface area contributed by atoms with Crippen LogP contribution in [0.4, 0.5) is 0 Å². The molecule has 0 amide bonds. The Kier molecular flexibility index (Phi) is 2.85. The van der Waals surface area contributed by atoms with Crippen molar-refractivity contribution in [2.75, 3.05) is 19.7 Å². The monoisotopic (exact) mass is 191 g/mol. The zero-order valence-electron chi connectivity index (χ0n) is 8.56. The molecule has 1 heterocycles. The third-order valence-corrected chi connectivity index (χ3v) is 2.89. The maximum Gasteiger partial charge on any atom is 0.0628 e. The average Bonchev–Trinajstić information content (AvgIpc) is 2.18. The van der Waals surface area contributed by atoms with Crippen LogP contribution in [0.1, 0.15) is 18.5 Å². The van der Waals surface area contributed by atoms with E-state index in [0.29, 0.717) is 0 Å². The van der Waals surface area contributed by atoms with Gasteiger partial charge in [-0.15, -0.1) is 0 Å². The molecule has 2 nitrogen and oxygen atoms in total. The van der Waals surface area contributed by atoms with Crippen LogP contribution in [0.3, 0.4) is 0 Å². The van der Waals surface area contributed by atoms with E-state index in [9.17, 15) is 5.11 Å². The Hall–Kier alpha value is -0.860. The zero-order valence-corrected chi connectivity index (χ0v) is 8.56. The standard InChI is InChI=1S/C12H17NO/c1-10-7-13(8-10)12(9-14)11-5-3-2-4-6-11/h2-6,10,12,14H,7-9H2,1H3. The predicted octanol–water partition coefficient (Wildman–Crippen LogP) is 1.67. The van der Waals surface area contributed by atoms with Gasteiger partial charge >= 0.3 is 0 Å². The van der Waals surface area contributed by atoms with Crippen LogP contribution in [0.2, 0.25) is 0 Å². The molecule has 1 saturated heterocycles. The Balaban J connectivity index is 2.07. The Morgan fingerprint density at radius 3 is 2.50 bits per heavy atom. The largest absolute Gasteiger partial charge is 0.394 e. The van der Waals surface area contributed by atoms with Crippen LogP contribution >= 0.6 is 0 Å². The molecular formula is C12H17NO. The molecular weight excluding hydrogens is 174 g/mol. The molecule has 1 N–H and O–H groups in total. The molecule has 1 unspecified atom stereocenters. The van der Waals surface area contributed by atoms with Crippen molar-refractivity contribution < 1.29 is 5.11 Å². The molecule has 2 heteroatoms. The fourth-order valence-electron chi connectivity index (χ4n) is 2.11. The van der Waals surface area contributed by atoms with Crippen LogP contribution in [-0.2, 0) is 0 Å². The van der Waals surface area contributed by atoms with Gasteiger partial charge in [-0.3, -0.25) is 4.90 Å². The summed E-state index contributed by atoms with van der Waals surface area (Å²) in [6.07, 6.45) is 0. The molecule has 1 fully saturated rings. The van der Waals surface area contributed by atoms with Crippen molar-refractivity contribution in [1.29, 1.82) is 0 Å². The van der Waals surface area contributed by atoms with Crippen molar-refractivity contribution in [1.82, 2.24) is 4.90 Å². The maximum absolute atomic E-state index is 9.36. The minimum absolute atomic E-state index is 0.201. The lowest BCUT2D eigenvalue weighted by molar-refractivity contribution is 0.0308. The van der Waals surface area contributed by atoms with Gasteiger partial charge in [-0.25, -0.2) is 0 Å². The van der Waals surface area contributed by atoms with Crippen LogP contribution in [-0.4, -0.2) is 29.7 Å². The zero-order chi connectivity index (χ0) is 9.97. The summed E-state index contributed by atoms with van der Waals surface area (Å²) in [4.78, 5) is 2.33. The van der Waals surface area contributed by atoms with Crippen LogP contribution in [0, 0.1) is 5.92 Å². The molecule has 1 aliphatic heterocycles. The van der Waals surface area contributed by atoms with E-state index >= 15 is 0 Å². The lowest BCUT2D eigenvalue weighted by Gasteiger charge is -2.42. The minimum Gasteiger partial charge on any atom is -0.394 e. The molecule has 76 valence electrons. The molecule has 14 heavy (non-hydrogen) atoms. The molecule has 2 rings (SSSR count). The molecule has 0 saturated carbocycles. The van der Waals surface area contributed by atoms with Crippen molar-refractivity contribution in [3.8, 4) is 0 Å². The van der Waals surface area contributed by atoms with Crippen molar-refractivity contribution in [2.24, 2.45) is 5.92 Å². The fourth-order valence-corrected chi connectivity index (χ4v) is 2.11. The van der Waals surface area contributed by atoms with Gasteiger partial charge in [-0.2, -0.15) is 0 Å². The molecule has 1 atom stereocenters. The van der Waals surface area contributed by atoms with E-state index in [1.54, 1.807) is 0 Å². The first kappa shape index (κ1) is 9.69. The van der Waals surface area contributed by atoms with Gasteiger partial charge in [0.15, 0.2) is 0 Å². The number of benzene rings is 1. The lowest BCUT2D eigenvalue weighted by Crippen LogP contribution is -2.48. The van der Waals surface area contributed by atoms with Gasteiger partial charge in [0, 0.05) is 13.1 Å². The molecule has 1 aromatic rings. The van der Waals surface area contributed by atoms with E-state index in [-0.39, 0.29) is 12.6 Å². The second-order valence-corrected chi connectivity index (χ2v) is 4.17. The summed E-state index contributed by atoms with van der Waals surface area (Å²) in [7, 11) is 0. The summed E-state index contributed by atoms with van der Waals surface area (Å²) in [5.74, 6) is 0.785. The highest BCUT2D eigenvalue weighted by Gasteiger charge is 2.29. The number of aliphatic hydroxyl groups excluding tert-OH is 1. The summed E-state index contributed by atoms with van der Waals surface area (Å²) in [6, 6.07) is 10.4. The highest BCUT2D eigenvalue weighted by atomic mass is 16.3. The molecule has 0 aromatic heterocycles. The quantitative estimate of drug-likeness (QED) is 0.785. The second-order valence-electron chi connectivity index (χ2n) is 4.17. The molecule has 0 bridgehead atoms. The van der Waals surface area contributed by atoms with Crippen LogP contribution < -0.4 is 0 Å². The smallest absolute Gasteiger partial charge is 0.0628 e. The molecule has 0 aliphatic carbocycles. The van der Waals surface area contributed by atoms with E-state index in [0.717, 1.165) is 19.0 Å².